The van der Waals surface area contributed by atoms with E-state index in [1.165, 1.54) is 54.1 Å². The number of para-hydroxylation sites is 3. The van der Waals surface area contributed by atoms with E-state index in [9.17, 15) is 0 Å². The second kappa shape index (κ2) is 12.5. The van der Waals surface area contributed by atoms with Gasteiger partial charge in [0.15, 0.2) is 0 Å². The number of rotatable bonds is 5. The van der Waals surface area contributed by atoms with Gasteiger partial charge in [0.2, 0.25) is 0 Å². The van der Waals surface area contributed by atoms with Crippen LogP contribution in [-0.2, 0) is 0 Å². The Morgan fingerprint density at radius 3 is 1.65 bits per heavy atom. The Labute approximate surface area is 328 Å². The molecule has 2 heterocycles. The van der Waals surface area contributed by atoms with Crippen molar-refractivity contribution in [3.63, 3.8) is 0 Å². The van der Waals surface area contributed by atoms with Gasteiger partial charge in [0, 0.05) is 50.2 Å². The Morgan fingerprint density at radius 1 is 0.333 bits per heavy atom. The summed E-state index contributed by atoms with van der Waals surface area (Å²) in [7, 11) is 0. The summed E-state index contributed by atoms with van der Waals surface area (Å²) < 4.78 is 8.92. The van der Waals surface area contributed by atoms with Crippen LogP contribution >= 0.6 is 0 Å². The minimum atomic E-state index is 0.863. The molecule has 0 unspecified atom stereocenters. The maximum Gasteiger partial charge on any atom is 0.137 e. The molecule has 57 heavy (non-hydrogen) atoms. The number of aromatic nitrogens is 1. The summed E-state index contributed by atoms with van der Waals surface area (Å²) in [6, 6.07) is 74.7. The fraction of sp³-hybridized carbons (Fsp3) is 0. The lowest BCUT2D eigenvalue weighted by Crippen LogP contribution is -2.11. The lowest BCUT2D eigenvalue weighted by molar-refractivity contribution is 0.669. The van der Waals surface area contributed by atoms with Gasteiger partial charge in [0.1, 0.15) is 11.2 Å². The molecule has 0 bridgehead atoms. The molecule has 12 rings (SSSR count). The van der Waals surface area contributed by atoms with Crippen LogP contribution in [0.5, 0.6) is 0 Å². The zero-order chi connectivity index (χ0) is 37.5. The van der Waals surface area contributed by atoms with E-state index in [0.717, 1.165) is 55.8 Å². The fourth-order valence-electron chi connectivity index (χ4n) is 9.14. The minimum Gasteiger partial charge on any atom is -0.456 e. The van der Waals surface area contributed by atoms with Crippen molar-refractivity contribution in [1.29, 1.82) is 0 Å². The molecule has 0 aliphatic rings. The zero-order valence-corrected chi connectivity index (χ0v) is 30.9. The minimum absolute atomic E-state index is 0.863. The highest BCUT2D eigenvalue weighted by molar-refractivity contribution is 6.18. The molecule has 12 aromatic rings. The van der Waals surface area contributed by atoms with E-state index in [0.29, 0.717) is 0 Å². The Kier molecular flexibility index (Phi) is 6.93. The molecular weight excluding hydrogens is 693 g/mol. The van der Waals surface area contributed by atoms with Crippen molar-refractivity contribution in [2.24, 2.45) is 0 Å². The van der Waals surface area contributed by atoms with Gasteiger partial charge in [-0.3, -0.25) is 0 Å². The van der Waals surface area contributed by atoms with Crippen LogP contribution in [0.1, 0.15) is 0 Å². The van der Waals surface area contributed by atoms with Crippen molar-refractivity contribution < 1.29 is 4.42 Å². The van der Waals surface area contributed by atoms with Crippen molar-refractivity contribution in [3.8, 4) is 16.8 Å². The van der Waals surface area contributed by atoms with E-state index in [4.69, 9.17) is 4.42 Å². The molecule has 0 fully saturated rings. The van der Waals surface area contributed by atoms with Crippen molar-refractivity contribution in [1.82, 2.24) is 4.57 Å². The molecule has 0 aliphatic heterocycles. The van der Waals surface area contributed by atoms with Gasteiger partial charge in [-0.05, 0) is 98.5 Å². The molecule has 0 radical (unpaired) electrons. The smallest absolute Gasteiger partial charge is 0.137 e. The third-order valence-corrected chi connectivity index (χ3v) is 11.8. The first-order valence-electron chi connectivity index (χ1n) is 19.5. The maximum absolute atomic E-state index is 6.50. The van der Waals surface area contributed by atoms with Crippen LogP contribution in [0, 0.1) is 0 Å². The van der Waals surface area contributed by atoms with E-state index in [1.807, 2.05) is 12.1 Å². The first-order valence-corrected chi connectivity index (χ1v) is 19.5. The SMILES string of the molecule is c1ccc(-c2cc(N(c3ccc4c(c3)oc3ccccc34)c3ccc4ccc5c6ccccc6ccc5c4c3)ccc2-n2c3ccccc3c3ccccc32)cc1. The van der Waals surface area contributed by atoms with Crippen LogP contribution in [0.4, 0.5) is 17.1 Å². The summed E-state index contributed by atoms with van der Waals surface area (Å²) in [4.78, 5) is 2.38. The number of benzene rings is 10. The molecule has 0 amide bonds. The summed E-state index contributed by atoms with van der Waals surface area (Å²) in [5.74, 6) is 0. The van der Waals surface area contributed by atoms with Crippen LogP contribution in [0.3, 0.4) is 0 Å². The van der Waals surface area contributed by atoms with Crippen molar-refractivity contribution >= 4 is 93.1 Å². The molecule has 10 aromatic carbocycles. The number of anilines is 3. The lowest BCUT2D eigenvalue weighted by atomic mass is 9.96. The van der Waals surface area contributed by atoms with Gasteiger partial charge in [0.05, 0.1) is 16.7 Å². The summed E-state index contributed by atoms with van der Waals surface area (Å²) in [5, 5.41) is 12.2. The first-order chi connectivity index (χ1) is 28.3. The number of furan rings is 1. The van der Waals surface area contributed by atoms with Gasteiger partial charge >= 0.3 is 0 Å². The number of hydrogen-bond acceptors (Lipinski definition) is 2. The molecule has 0 atom stereocenters. The van der Waals surface area contributed by atoms with Gasteiger partial charge < -0.3 is 13.9 Å². The standard InChI is InChI=1S/C54H34N2O/c1-2-12-35(13-3-1)49-33-39(27-31-52(49)56-50-19-9-6-16-44(50)45-17-7-10-20-51(45)56)55(40-26-30-47-46-18-8-11-21-53(46)57-54(47)34-40)38-25-22-37-24-28-42-41-15-5-4-14-36(41)23-29-43(42)48(37)32-38/h1-34H. The number of nitrogens with zero attached hydrogens (tertiary/aromatic N) is 2. The van der Waals surface area contributed by atoms with Gasteiger partial charge in [0.25, 0.3) is 0 Å². The normalized spacial score (nSPS) is 11.9. The third kappa shape index (κ3) is 4.92. The van der Waals surface area contributed by atoms with E-state index in [-0.39, 0.29) is 0 Å². The van der Waals surface area contributed by atoms with Crippen LogP contribution in [-0.4, -0.2) is 4.57 Å². The quantitative estimate of drug-likeness (QED) is 0.165. The molecule has 266 valence electrons. The third-order valence-electron chi connectivity index (χ3n) is 11.8. The average molecular weight is 727 g/mol. The molecule has 3 heteroatoms. The molecular formula is C54H34N2O. The van der Waals surface area contributed by atoms with E-state index in [2.05, 4.69) is 204 Å². The van der Waals surface area contributed by atoms with Gasteiger partial charge in [-0.25, -0.2) is 0 Å². The lowest BCUT2D eigenvalue weighted by Gasteiger charge is -2.27. The van der Waals surface area contributed by atoms with E-state index in [1.54, 1.807) is 0 Å². The number of hydrogen-bond donors (Lipinski definition) is 0. The molecule has 0 aliphatic carbocycles. The van der Waals surface area contributed by atoms with Gasteiger partial charge in [-0.2, -0.15) is 0 Å². The van der Waals surface area contributed by atoms with Crippen molar-refractivity contribution in [2.45, 2.75) is 0 Å². The summed E-state index contributed by atoms with van der Waals surface area (Å²) >= 11 is 0. The predicted octanol–water partition coefficient (Wildman–Crippen LogP) is 15.3. The highest BCUT2D eigenvalue weighted by Crippen LogP contribution is 2.44. The molecule has 0 N–H and O–H groups in total. The second-order valence-corrected chi connectivity index (χ2v) is 14.9. The molecule has 0 saturated carbocycles. The topological polar surface area (TPSA) is 21.3 Å². The average Bonchev–Trinajstić information content (AvgIpc) is 3.82. The molecule has 2 aromatic heterocycles. The van der Waals surface area contributed by atoms with Gasteiger partial charge in [-0.1, -0.05) is 140 Å². The Hall–Kier alpha value is -7.62. The number of fused-ring (bicyclic) bond motifs is 11. The first kappa shape index (κ1) is 31.7. The monoisotopic (exact) mass is 726 g/mol. The maximum atomic E-state index is 6.50. The summed E-state index contributed by atoms with van der Waals surface area (Å²) in [6.45, 7) is 0. The molecule has 3 nitrogen and oxygen atoms in total. The molecule has 0 saturated heterocycles. The Balaban J connectivity index is 1.13. The van der Waals surface area contributed by atoms with Gasteiger partial charge in [-0.15, -0.1) is 0 Å². The molecule has 0 spiro atoms. The highest BCUT2D eigenvalue weighted by Gasteiger charge is 2.21. The van der Waals surface area contributed by atoms with Crippen LogP contribution in [0.15, 0.2) is 211 Å². The van der Waals surface area contributed by atoms with Crippen molar-refractivity contribution in [3.05, 3.63) is 206 Å². The van der Waals surface area contributed by atoms with E-state index < -0.39 is 0 Å². The highest BCUT2D eigenvalue weighted by atomic mass is 16.3. The summed E-state index contributed by atoms with van der Waals surface area (Å²) in [5.41, 5.74) is 10.7. The Bertz CT molecular complexity index is 3480. The van der Waals surface area contributed by atoms with E-state index >= 15 is 0 Å². The van der Waals surface area contributed by atoms with Crippen molar-refractivity contribution in [2.75, 3.05) is 4.90 Å². The fourth-order valence-corrected chi connectivity index (χ4v) is 9.14. The second-order valence-electron chi connectivity index (χ2n) is 14.9. The van der Waals surface area contributed by atoms with Crippen LogP contribution in [0.2, 0.25) is 0 Å². The zero-order valence-electron chi connectivity index (χ0n) is 30.9. The summed E-state index contributed by atoms with van der Waals surface area (Å²) in [6.07, 6.45) is 0. The van der Waals surface area contributed by atoms with Crippen LogP contribution in [0.25, 0.3) is 92.9 Å². The predicted molar refractivity (Wildman–Crippen MR) is 241 cm³/mol. The largest absolute Gasteiger partial charge is 0.456 e. The Morgan fingerprint density at radius 2 is 0.860 bits per heavy atom. The van der Waals surface area contributed by atoms with Crippen LogP contribution < -0.4 is 4.90 Å².